The van der Waals surface area contributed by atoms with Gasteiger partial charge in [0.1, 0.15) is 5.76 Å². The monoisotopic (exact) mass is 313 g/mol. The van der Waals surface area contributed by atoms with E-state index in [4.69, 9.17) is 4.42 Å². The van der Waals surface area contributed by atoms with Crippen molar-refractivity contribution in [3.63, 3.8) is 0 Å². The van der Waals surface area contributed by atoms with Crippen molar-refractivity contribution in [1.82, 2.24) is 5.32 Å². The molecule has 2 heterocycles. The number of anilines is 2. The summed E-state index contributed by atoms with van der Waals surface area (Å²) in [5, 5.41) is 6.38. The Morgan fingerprint density at radius 2 is 2.26 bits per heavy atom. The van der Waals surface area contributed by atoms with Crippen molar-refractivity contribution >= 4 is 17.4 Å². The number of carbonyl (C=O) groups is 1. The van der Waals surface area contributed by atoms with E-state index in [2.05, 4.69) is 17.6 Å². The van der Waals surface area contributed by atoms with Gasteiger partial charge in [0.15, 0.2) is 0 Å². The number of nitrogens with zero attached hydrogens (tertiary/aromatic N) is 1. The molecular formula is C18H23N3O2. The fourth-order valence-corrected chi connectivity index (χ4v) is 2.81. The van der Waals surface area contributed by atoms with Crippen LogP contribution in [-0.4, -0.2) is 25.2 Å². The van der Waals surface area contributed by atoms with E-state index in [0.29, 0.717) is 6.04 Å². The number of aryl methyl sites for hydroxylation is 1. The largest absolute Gasteiger partial charge is 0.469 e. The molecule has 2 aromatic rings. The summed E-state index contributed by atoms with van der Waals surface area (Å²) in [5.41, 5.74) is 1.97. The Bertz CT molecular complexity index is 639. The minimum absolute atomic E-state index is 0.0146. The summed E-state index contributed by atoms with van der Waals surface area (Å²) in [4.78, 5) is 13.7. The number of benzene rings is 1. The van der Waals surface area contributed by atoms with Crippen molar-refractivity contribution in [3.8, 4) is 0 Å². The average molecular weight is 313 g/mol. The first kappa shape index (κ1) is 15.5. The second kappa shape index (κ2) is 7.22. The normalized spacial score (nSPS) is 16.0. The predicted molar refractivity (Wildman–Crippen MR) is 91.9 cm³/mol. The molecule has 122 valence electrons. The van der Waals surface area contributed by atoms with Crippen LogP contribution in [0, 0.1) is 0 Å². The lowest BCUT2D eigenvalue weighted by Gasteiger charge is -2.28. The molecule has 1 aromatic heterocycles. The van der Waals surface area contributed by atoms with E-state index in [9.17, 15) is 4.79 Å². The second-order valence-electron chi connectivity index (χ2n) is 5.95. The number of hydrogen-bond donors (Lipinski definition) is 2. The highest BCUT2D eigenvalue weighted by Crippen LogP contribution is 2.22. The van der Waals surface area contributed by atoms with Crippen LogP contribution in [0.5, 0.6) is 0 Å². The zero-order valence-electron chi connectivity index (χ0n) is 13.4. The van der Waals surface area contributed by atoms with Crippen molar-refractivity contribution in [2.75, 3.05) is 23.3 Å². The summed E-state index contributed by atoms with van der Waals surface area (Å²) in [6.45, 7) is 3.68. The molecule has 0 spiro atoms. The van der Waals surface area contributed by atoms with Crippen LogP contribution < -0.4 is 15.5 Å². The maximum Gasteiger partial charge on any atom is 0.321 e. The summed E-state index contributed by atoms with van der Waals surface area (Å²) < 4.78 is 5.37. The van der Waals surface area contributed by atoms with Crippen LogP contribution in [0.3, 0.4) is 0 Å². The lowest BCUT2D eigenvalue weighted by atomic mass is 10.1. The second-order valence-corrected chi connectivity index (χ2v) is 5.95. The predicted octanol–water partition coefficient (Wildman–Crippen LogP) is 3.63. The fraction of sp³-hybridized carbons (Fsp3) is 0.389. The molecule has 0 saturated carbocycles. The number of urea groups is 1. The van der Waals surface area contributed by atoms with Gasteiger partial charge in [-0.3, -0.25) is 4.90 Å². The molecule has 5 nitrogen and oxygen atoms in total. The Morgan fingerprint density at radius 1 is 1.35 bits per heavy atom. The standard InChI is InChI=1S/C18H23N3O2/c1-14(8-9-17-7-3-12-23-17)20-15-5-2-6-16(13-15)21-11-4-10-19-18(21)22/h2-3,5-7,12-14,20H,4,8-11H2,1H3,(H,19,22)/t14-/m0/s1. The zero-order valence-corrected chi connectivity index (χ0v) is 13.4. The van der Waals surface area contributed by atoms with E-state index < -0.39 is 0 Å². The first-order valence-electron chi connectivity index (χ1n) is 8.17. The molecule has 3 rings (SSSR count). The Kier molecular flexibility index (Phi) is 4.86. The number of furan rings is 1. The fourth-order valence-electron chi connectivity index (χ4n) is 2.81. The van der Waals surface area contributed by atoms with Gasteiger partial charge >= 0.3 is 6.03 Å². The van der Waals surface area contributed by atoms with Gasteiger partial charge in [0.05, 0.1) is 6.26 Å². The topological polar surface area (TPSA) is 57.5 Å². The van der Waals surface area contributed by atoms with Crippen LogP contribution in [0.4, 0.5) is 16.2 Å². The Balaban J connectivity index is 1.59. The van der Waals surface area contributed by atoms with Crippen molar-refractivity contribution in [2.24, 2.45) is 0 Å². The van der Waals surface area contributed by atoms with Gasteiger partial charge in [-0.15, -0.1) is 0 Å². The summed E-state index contributed by atoms with van der Waals surface area (Å²) in [5.74, 6) is 1.01. The quantitative estimate of drug-likeness (QED) is 0.856. The third-order valence-corrected chi connectivity index (χ3v) is 4.05. The molecule has 1 aromatic carbocycles. The maximum atomic E-state index is 11.9. The van der Waals surface area contributed by atoms with E-state index >= 15 is 0 Å². The maximum absolute atomic E-state index is 11.9. The van der Waals surface area contributed by atoms with Gasteiger partial charge < -0.3 is 15.1 Å². The van der Waals surface area contributed by atoms with E-state index in [-0.39, 0.29) is 6.03 Å². The van der Waals surface area contributed by atoms with Crippen LogP contribution in [0.25, 0.3) is 0 Å². The molecule has 1 atom stereocenters. The third kappa shape index (κ3) is 4.06. The smallest absolute Gasteiger partial charge is 0.321 e. The van der Waals surface area contributed by atoms with Crippen molar-refractivity contribution in [1.29, 1.82) is 0 Å². The highest BCUT2D eigenvalue weighted by molar-refractivity contribution is 5.93. The van der Waals surface area contributed by atoms with Gasteiger partial charge in [0, 0.05) is 36.9 Å². The zero-order chi connectivity index (χ0) is 16.1. The number of amides is 2. The molecule has 0 radical (unpaired) electrons. The summed E-state index contributed by atoms with van der Waals surface area (Å²) in [6, 6.07) is 12.3. The minimum atomic E-state index is -0.0146. The molecule has 2 N–H and O–H groups in total. The average Bonchev–Trinajstić information content (AvgIpc) is 3.07. The molecule has 1 aliphatic heterocycles. The van der Waals surface area contributed by atoms with Gasteiger partial charge in [-0.25, -0.2) is 4.79 Å². The number of hydrogen-bond acceptors (Lipinski definition) is 3. The van der Waals surface area contributed by atoms with Crippen LogP contribution in [0.15, 0.2) is 47.1 Å². The first-order chi connectivity index (χ1) is 11.2. The van der Waals surface area contributed by atoms with Crippen molar-refractivity contribution in [3.05, 3.63) is 48.4 Å². The molecule has 0 unspecified atom stereocenters. The summed E-state index contributed by atoms with van der Waals surface area (Å²) in [7, 11) is 0. The molecule has 1 aliphatic rings. The van der Waals surface area contributed by atoms with Crippen molar-refractivity contribution < 1.29 is 9.21 Å². The van der Waals surface area contributed by atoms with Gasteiger partial charge in [-0.05, 0) is 50.1 Å². The van der Waals surface area contributed by atoms with Crippen LogP contribution in [-0.2, 0) is 6.42 Å². The van der Waals surface area contributed by atoms with Crippen LogP contribution in [0.1, 0.15) is 25.5 Å². The lowest BCUT2D eigenvalue weighted by molar-refractivity contribution is 0.243. The number of carbonyl (C=O) groups excluding carboxylic acids is 1. The molecule has 0 aliphatic carbocycles. The molecule has 2 amide bonds. The lowest BCUT2D eigenvalue weighted by Crippen LogP contribution is -2.46. The number of rotatable bonds is 6. The van der Waals surface area contributed by atoms with Gasteiger partial charge in [-0.2, -0.15) is 0 Å². The SMILES string of the molecule is C[C@@H](CCc1ccco1)Nc1cccc(N2CCCNC2=O)c1. The Labute approximate surface area is 136 Å². The van der Waals surface area contributed by atoms with E-state index in [1.54, 1.807) is 11.2 Å². The molecule has 1 saturated heterocycles. The van der Waals surface area contributed by atoms with Gasteiger partial charge in [0.2, 0.25) is 0 Å². The van der Waals surface area contributed by atoms with Gasteiger partial charge in [-0.1, -0.05) is 6.07 Å². The third-order valence-electron chi connectivity index (χ3n) is 4.05. The van der Waals surface area contributed by atoms with E-state index in [1.165, 1.54) is 0 Å². The van der Waals surface area contributed by atoms with Crippen LogP contribution in [0.2, 0.25) is 0 Å². The molecule has 5 heteroatoms. The van der Waals surface area contributed by atoms with Gasteiger partial charge in [0.25, 0.3) is 0 Å². The minimum Gasteiger partial charge on any atom is -0.469 e. The molecular weight excluding hydrogens is 290 g/mol. The Hall–Kier alpha value is -2.43. The molecule has 0 bridgehead atoms. The van der Waals surface area contributed by atoms with Crippen LogP contribution >= 0.6 is 0 Å². The summed E-state index contributed by atoms with van der Waals surface area (Å²) >= 11 is 0. The highest BCUT2D eigenvalue weighted by Gasteiger charge is 2.19. The summed E-state index contributed by atoms with van der Waals surface area (Å²) in [6.07, 6.45) is 4.58. The van der Waals surface area contributed by atoms with E-state index in [1.807, 2.05) is 36.4 Å². The first-order valence-corrected chi connectivity index (χ1v) is 8.17. The van der Waals surface area contributed by atoms with E-state index in [0.717, 1.165) is 49.5 Å². The Morgan fingerprint density at radius 3 is 3.04 bits per heavy atom. The van der Waals surface area contributed by atoms with Crippen molar-refractivity contribution in [2.45, 2.75) is 32.2 Å². The molecule has 1 fully saturated rings. The highest BCUT2D eigenvalue weighted by atomic mass is 16.3. The number of nitrogens with one attached hydrogen (secondary N) is 2. The molecule has 23 heavy (non-hydrogen) atoms.